The van der Waals surface area contributed by atoms with Gasteiger partial charge in [0.05, 0.1) is 0 Å². The molecule has 0 spiro atoms. The number of carbonyl (C=O) groups is 1. The van der Waals surface area contributed by atoms with Crippen molar-refractivity contribution >= 4 is 5.91 Å². The van der Waals surface area contributed by atoms with Gasteiger partial charge in [0.2, 0.25) is 6.79 Å². The van der Waals surface area contributed by atoms with E-state index in [0.29, 0.717) is 30.2 Å². The molecule has 2 aromatic rings. The highest BCUT2D eigenvalue weighted by Gasteiger charge is 2.32. The van der Waals surface area contributed by atoms with Gasteiger partial charge in [-0.3, -0.25) is 4.79 Å². The lowest BCUT2D eigenvalue weighted by Crippen LogP contribution is -2.31. The molecule has 1 N–H and O–H groups in total. The minimum Gasteiger partial charge on any atom is -0.454 e. The lowest BCUT2D eigenvalue weighted by Gasteiger charge is -2.18. The fourth-order valence-corrected chi connectivity index (χ4v) is 3.14. The zero-order valence-electron chi connectivity index (χ0n) is 13.4. The van der Waals surface area contributed by atoms with Crippen LogP contribution in [0.3, 0.4) is 0 Å². The fraction of sp³-hybridized carbons (Fsp3) is 0.412. The molecule has 1 saturated heterocycles. The molecule has 1 amide bonds. The van der Waals surface area contributed by atoms with Gasteiger partial charge in [-0.1, -0.05) is 0 Å². The van der Waals surface area contributed by atoms with Crippen molar-refractivity contribution in [2.24, 2.45) is 13.0 Å². The number of hydrogen-bond donors (Lipinski definition) is 1. The summed E-state index contributed by atoms with van der Waals surface area (Å²) in [5.41, 5.74) is 0.562. The maximum Gasteiger partial charge on any atom is 0.251 e. The van der Waals surface area contributed by atoms with Crippen molar-refractivity contribution in [3.63, 3.8) is 0 Å². The topological polar surface area (TPSA) is 74.6 Å². The molecule has 4 rings (SSSR count). The van der Waals surface area contributed by atoms with Crippen molar-refractivity contribution in [3.05, 3.63) is 42.0 Å². The van der Waals surface area contributed by atoms with E-state index in [9.17, 15) is 4.79 Å². The van der Waals surface area contributed by atoms with E-state index in [4.69, 9.17) is 14.2 Å². The van der Waals surface area contributed by atoms with Gasteiger partial charge in [-0.05, 0) is 24.6 Å². The molecule has 0 aliphatic carbocycles. The van der Waals surface area contributed by atoms with Crippen LogP contribution in [0, 0.1) is 5.92 Å². The molecule has 0 bridgehead atoms. The van der Waals surface area contributed by atoms with Crippen LogP contribution in [-0.2, 0) is 11.8 Å². The second-order valence-electron chi connectivity index (χ2n) is 6.01. The first-order valence-corrected chi connectivity index (χ1v) is 7.99. The number of nitrogens with zero attached hydrogens (tertiary/aromatic N) is 2. The van der Waals surface area contributed by atoms with E-state index in [0.717, 1.165) is 12.2 Å². The molecule has 2 aliphatic rings. The molecule has 7 heteroatoms. The first-order chi connectivity index (χ1) is 11.7. The molecule has 0 radical (unpaired) electrons. The first kappa shape index (κ1) is 15.0. The zero-order valence-corrected chi connectivity index (χ0v) is 13.4. The number of fused-ring (bicyclic) bond motifs is 1. The Morgan fingerprint density at radius 1 is 1.38 bits per heavy atom. The summed E-state index contributed by atoms with van der Waals surface area (Å²) < 4.78 is 18.4. The van der Waals surface area contributed by atoms with Crippen molar-refractivity contribution in [2.45, 2.75) is 12.5 Å². The number of benzene rings is 1. The first-order valence-electron chi connectivity index (χ1n) is 7.99. The van der Waals surface area contributed by atoms with Gasteiger partial charge in [0, 0.05) is 44.1 Å². The number of rotatable bonds is 4. The largest absolute Gasteiger partial charge is 0.454 e. The van der Waals surface area contributed by atoms with Gasteiger partial charge in [0.1, 0.15) is 11.9 Å². The summed E-state index contributed by atoms with van der Waals surface area (Å²) in [4.78, 5) is 16.8. The third kappa shape index (κ3) is 2.71. The Morgan fingerprint density at radius 2 is 2.25 bits per heavy atom. The average Bonchev–Trinajstić information content (AvgIpc) is 3.31. The Bertz CT molecular complexity index is 758. The van der Waals surface area contributed by atoms with Gasteiger partial charge in [0.15, 0.2) is 11.5 Å². The summed E-state index contributed by atoms with van der Waals surface area (Å²) in [6.07, 6.45) is 4.49. The lowest BCUT2D eigenvalue weighted by atomic mass is 10.0. The number of aryl methyl sites for hydroxylation is 1. The monoisotopic (exact) mass is 329 g/mol. The maximum atomic E-state index is 12.4. The zero-order chi connectivity index (χ0) is 16.5. The van der Waals surface area contributed by atoms with E-state index in [1.54, 1.807) is 24.4 Å². The molecule has 1 aromatic heterocycles. The minimum absolute atomic E-state index is 0.0814. The normalized spacial score (nSPS) is 21.9. The van der Waals surface area contributed by atoms with Crippen LogP contribution in [0.4, 0.5) is 0 Å². The van der Waals surface area contributed by atoms with Crippen LogP contribution >= 0.6 is 0 Å². The smallest absolute Gasteiger partial charge is 0.251 e. The minimum atomic E-state index is -0.126. The maximum absolute atomic E-state index is 12.4. The van der Waals surface area contributed by atoms with Gasteiger partial charge in [0.25, 0.3) is 5.91 Å². The molecular formula is C17H19N3O4. The molecule has 3 heterocycles. The van der Waals surface area contributed by atoms with Crippen molar-refractivity contribution in [2.75, 3.05) is 19.9 Å². The molecule has 1 fully saturated rings. The van der Waals surface area contributed by atoms with Gasteiger partial charge in [-0.15, -0.1) is 0 Å². The molecule has 2 atom stereocenters. The summed E-state index contributed by atoms with van der Waals surface area (Å²) in [6, 6.07) is 5.20. The van der Waals surface area contributed by atoms with Crippen molar-refractivity contribution in [1.82, 2.24) is 14.9 Å². The highest BCUT2D eigenvalue weighted by molar-refractivity contribution is 5.94. The highest BCUT2D eigenvalue weighted by Crippen LogP contribution is 2.34. The predicted molar refractivity (Wildman–Crippen MR) is 84.9 cm³/mol. The molecule has 7 nitrogen and oxygen atoms in total. The second-order valence-corrected chi connectivity index (χ2v) is 6.01. The third-order valence-corrected chi connectivity index (χ3v) is 4.49. The Hall–Kier alpha value is -2.54. The number of nitrogens with one attached hydrogen (secondary N) is 1. The summed E-state index contributed by atoms with van der Waals surface area (Å²) >= 11 is 0. The summed E-state index contributed by atoms with van der Waals surface area (Å²) in [7, 11) is 1.95. The number of aromatic nitrogens is 2. The highest BCUT2D eigenvalue weighted by atomic mass is 16.7. The Kier molecular flexibility index (Phi) is 3.86. The number of carbonyl (C=O) groups excluding carboxylic acids is 1. The van der Waals surface area contributed by atoms with E-state index in [2.05, 4.69) is 10.3 Å². The van der Waals surface area contributed by atoms with Gasteiger partial charge < -0.3 is 24.1 Å². The van der Waals surface area contributed by atoms with Gasteiger partial charge >= 0.3 is 0 Å². The molecule has 24 heavy (non-hydrogen) atoms. The number of amides is 1. The van der Waals surface area contributed by atoms with Crippen LogP contribution < -0.4 is 14.8 Å². The van der Waals surface area contributed by atoms with Crippen molar-refractivity contribution in [1.29, 1.82) is 0 Å². The quantitative estimate of drug-likeness (QED) is 0.923. The molecular weight excluding hydrogens is 310 g/mol. The van der Waals surface area contributed by atoms with Crippen LogP contribution in [-0.4, -0.2) is 35.4 Å². The molecule has 1 aromatic carbocycles. The Morgan fingerprint density at radius 3 is 3.08 bits per heavy atom. The molecule has 0 saturated carbocycles. The Balaban J connectivity index is 1.41. The molecule has 126 valence electrons. The lowest BCUT2D eigenvalue weighted by molar-refractivity contribution is 0.0779. The van der Waals surface area contributed by atoms with Crippen LogP contribution in [0.5, 0.6) is 11.5 Å². The van der Waals surface area contributed by atoms with E-state index < -0.39 is 0 Å². The van der Waals surface area contributed by atoms with Crippen LogP contribution in [0.2, 0.25) is 0 Å². The summed E-state index contributed by atoms with van der Waals surface area (Å²) in [5.74, 6) is 2.26. The fourth-order valence-electron chi connectivity index (χ4n) is 3.14. The van der Waals surface area contributed by atoms with Crippen LogP contribution in [0.15, 0.2) is 30.6 Å². The van der Waals surface area contributed by atoms with Crippen LogP contribution in [0.1, 0.15) is 28.7 Å². The molecule has 0 unspecified atom stereocenters. The number of hydrogen-bond acceptors (Lipinski definition) is 5. The Labute approximate surface area is 139 Å². The number of imidazole rings is 1. The van der Waals surface area contributed by atoms with Crippen molar-refractivity contribution < 1.29 is 19.0 Å². The third-order valence-electron chi connectivity index (χ3n) is 4.49. The summed E-state index contributed by atoms with van der Waals surface area (Å²) in [5, 5.41) is 2.99. The second kappa shape index (κ2) is 6.16. The van der Waals surface area contributed by atoms with Crippen LogP contribution in [0.25, 0.3) is 0 Å². The van der Waals surface area contributed by atoms with E-state index in [-0.39, 0.29) is 24.7 Å². The van der Waals surface area contributed by atoms with Gasteiger partial charge in [-0.2, -0.15) is 0 Å². The van der Waals surface area contributed by atoms with E-state index >= 15 is 0 Å². The summed E-state index contributed by atoms with van der Waals surface area (Å²) in [6.45, 7) is 1.43. The van der Waals surface area contributed by atoms with Gasteiger partial charge in [-0.25, -0.2) is 4.98 Å². The number of ether oxygens (including phenoxy) is 3. The van der Waals surface area contributed by atoms with Crippen molar-refractivity contribution in [3.8, 4) is 11.5 Å². The standard InChI is InChI=1S/C17H19N3O4/c1-20-6-5-18-16(20)15-12(4-7-22-15)9-19-17(21)11-2-3-13-14(8-11)24-10-23-13/h2-3,5-6,8,12,15H,4,7,9-10H2,1H3,(H,19,21)/t12-,15+/m0/s1. The van der Waals surface area contributed by atoms with E-state index in [1.807, 2.05) is 17.8 Å². The van der Waals surface area contributed by atoms with E-state index in [1.165, 1.54) is 0 Å². The average molecular weight is 329 g/mol. The molecule has 2 aliphatic heterocycles. The predicted octanol–water partition coefficient (Wildman–Crippen LogP) is 1.66. The SMILES string of the molecule is Cn1ccnc1[C@@H]1OCC[C@H]1CNC(=O)c1ccc2c(c1)OCO2.